The SMILES string of the molecule is NCC1(CNc2ccc3c(c2)OCCO3)CCC1. The van der Waals surface area contributed by atoms with E-state index in [4.69, 9.17) is 15.2 Å². The van der Waals surface area contributed by atoms with E-state index in [9.17, 15) is 0 Å². The molecule has 0 amide bonds. The van der Waals surface area contributed by atoms with E-state index in [2.05, 4.69) is 5.32 Å². The maximum atomic E-state index is 5.86. The van der Waals surface area contributed by atoms with Crippen LogP contribution >= 0.6 is 0 Å². The second-order valence-electron chi connectivity index (χ2n) is 5.27. The Morgan fingerprint density at radius 3 is 2.61 bits per heavy atom. The third-order valence-electron chi connectivity index (χ3n) is 4.06. The zero-order valence-corrected chi connectivity index (χ0v) is 10.6. The molecular weight excluding hydrogens is 228 g/mol. The first kappa shape index (κ1) is 11.7. The molecule has 0 radical (unpaired) electrons. The largest absolute Gasteiger partial charge is 0.486 e. The number of benzene rings is 1. The first-order valence-electron chi connectivity index (χ1n) is 6.65. The predicted octanol–water partition coefficient (Wildman–Crippen LogP) is 2.00. The topological polar surface area (TPSA) is 56.5 Å². The van der Waals surface area contributed by atoms with Crippen LogP contribution in [0.3, 0.4) is 0 Å². The van der Waals surface area contributed by atoms with E-state index in [1.165, 1.54) is 19.3 Å². The lowest BCUT2D eigenvalue weighted by Gasteiger charge is -2.41. The maximum Gasteiger partial charge on any atom is 0.163 e. The molecule has 0 saturated heterocycles. The minimum atomic E-state index is 0.313. The molecule has 0 bridgehead atoms. The fraction of sp³-hybridized carbons (Fsp3) is 0.571. The van der Waals surface area contributed by atoms with Crippen molar-refractivity contribution in [1.29, 1.82) is 0 Å². The zero-order valence-electron chi connectivity index (χ0n) is 10.6. The second-order valence-corrected chi connectivity index (χ2v) is 5.27. The van der Waals surface area contributed by atoms with E-state index in [-0.39, 0.29) is 0 Å². The van der Waals surface area contributed by atoms with Crippen molar-refractivity contribution < 1.29 is 9.47 Å². The Morgan fingerprint density at radius 2 is 1.94 bits per heavy atom. The number of hydrogen-bond donors (Lipinski definition) is 2. The van der Waals surface area contributed by atoms with Gasteiger partial charge in [0.05, 0.1) is 0 Å². The Kier molecular flexibility index (Phi) is 3.04. The van der Waals surface area contributed by atoms with Gasteiger partial charge in [0.15, 0.2) is 11.5 Å². The Bertz CT molecular complexity index is 424. The number of anilines is 1. The summed E-state index contributed by atoms with van der Waals surface area (Å²) in [5.41, 5.74) is 7.25. The van der Waals surface area contributed by atoms with Crippen molar-refractivity contribution in [1.82, 2.24) is 0 Å². The highest BCUT2D eigenvalue weighted by molar-refractivity contribution is 5.55. The summed E-state index contributed by atoms with van der Waals surface area (Å²) in [7, 11) is 0. The second kappa shape index (κ2) is 4.69. The molecule has 1 fully saturated rings. The highest BCUT2D eigenvalue weighted by atomic mass is 16.6. The minimum Gasteiger partial charge on any atom is -0.486 e. The molecule has 1 aliphatic heterocycles. The predicted molar refractivity (Wildman–Crippen MR) is 71.3 cm³/mol. The fourth-order valence-electron chi connectivity index (χ4n) is 2.57. The molecule has 1 heterocycles. The maximum absolute atomic E-state index is 5.86. The molecule has 2 aliphatic rings. The first-order valence-corrected chi connectivity index (χ1v) is 6.65. The van der Waals surface area contributed by atoms with Crippen LogP contribution in [-0.2, 0) is 0 Å². The van der Waals surface area contributed by atoms with Gasteiger partial charge in [0.2, 0.25) is 0 Å². The van der Waals surface area contributed by atoms with Crippen molar-refractivity contribution in [3.63, 3.8) is 0 Å². The molecule has 0 spiro atoms. The van der Waals surface area contributed by atoms with Crippen LogP contribution in [0.4, 0.5) is 5.69 Å². The van der Waals surface area contributed by atoms with Gasteiger partial charge in [-0.15, -0.1) is 0 Å². The summed E-state index contributed by atoms with van der Waals surface area (Å²) in [5, 5.41) is 3.47. The Morgan fingerprint density at radius 1 is 1.17 bits per heavy atom. The molecule has 3 N–H and O–H groups in total. The van der Waals surface area contributed by atoms with Gasteiger partial charge in [0, 0.05) is 18.3 Å². The zero-order chi connectivity index (χ0) is 12.4. The Balaban J connectivity index is 1.66. The summed E-state index contributed by atoms with van der Waals surface area (Å²) in [4.78, 5) is 0. The molecule has 1 saturated carbocycles. The van der Waals surface area contributed by atoms with Crippen LogP contribution in [0, 0.1) is 5.41 Å². The fourth-order valence-corrected chi connectivity index (χ4v) is 2.57. The van der Waals surface area contributed by atoms with Gasteiger partial charge in [-0.2, -0.15) is 0 Å². The molecule has 18 heavy (non-hydrogen) atoms. The lowest BCUT2D eigenvalue weighted by Crippen LogP contribution is -2.42. The van der Waals surface area contributed by atoms with Crippen LogP contribution in [0.15, 0.2) is 18.2 Å². The van der Waals surface area contributed by atoms with Gasteiger partial charge < -0.3 is 20.5 Å². The van der Waals surface area contributed by atoms with Crippen molar-refractivity contribution in [3.05, 3.63) is 18.2 Å². The van der Waals surface area contributed by atoms with Crippen LogP contribution in [0.25, 0.3) is 0 Å². The summed E-state index contributed by atoms with van der Waals surface area (Å²) in [6, 6.07) is 6.01. The number of fused-ring (bicyclic) bond motifs is 1. The smallest absolute Gasteiger partial charge is 0.163 e. The van der Waals surface area contributed by atoms with Crippen molar-refractivity contribution in [2.45, 2.75) is 19.3 Å². The molecule has 0 aromatic heterocycles. The Hall–Kier alpha value is -1.42. The van der Waals surface area contributed by atoms with E-state index in [0.29, 0.717) is 18.6 Å². The van der Waals surface area contributed by atoms with Gasteiger partial charge in [-0.05, 0) is 36.9 Å². The van der Waals surface area contributed by atoms with Crippen LogP contribution in [-0.4, -0.2) is 26.3 Å². The lowest BCUT2D eigenvalue weighted by molar-refractivity contribution is 0.162. The summed E-state index contributed by atoms with van der Waals surface area (Å²) in [5.74, 6) is 1.67. The van der Waals surface area contributed by atoms with Gasteiger partial charge >= 0.3 is 0 Å². The molecule has 4 nitrogen and oxygen atoms in total. The van der Waals surface area contributed by atoms with Gasteiger partial charge in [-0.3, -0.25) is 0 Å². The third kappa shape index (κ3) is 2.12. The number of ether oxygens (including phenoxy) is 2. The van der Waals surface area contributed by atoms with E-state index in [0.717, 1.165) is 30.3 Å². The van der Waals surface area contributed by atoms with Gasteiger partial charge in [-0.1, -0.05) is 6.42 Å². The molecule has 98 valence electrons. The first-order chi connectivity index (χ1) is 8.81. The number of hydrogen-bond acceptors (Lipinski definition) is 4. The van der Waals surface area contributed by atoms with Crippen LogP contribution in [0.2, 0.25) is 0 Å². The van der Waals surface area contributed by atoms with Gasteiger partial charge in [0.25, 0.3) is 0 Å². The number of nitrogens with two attached hydrogens (primary N) is 1. The lowest BCUT2D eigenvalue weighted by atomic mass is 9.69. The summed E-state index contributed by atoms with van der Waals surface area (Å²) in [6.45, 7) is 2.98. The summed E-state index contributed by atoms with van der Waals surface area (Å²) >= 11 is 0. The van der Waals surface area contributed by atoms with Gasteiger partial charge in [-0.25, -0.2) is 0 Å². The minimum absolute atomic E-state index is 0.313. The molecule has 1 aromatic carbocycles. The molecule has 1 aromatic rings. The summed E-state index contributed by atoms with van der Waals surface area (Å²) < 4.78 is 11.1. The highest BCUT2D eigenvalue weighted by Crippen LogP contribution is 2.40. The van der Waals surface area contributed by atoms with Crippen LogP contribution in [0.1, 0.15) is 19.3 Å². The molecule has 3 rings (SSSR count). The standard InChI is InChI=1S/C14H20N2O2/c15-9-14(4-1-5-14)10-16-11-2-3-12-13(8-11)18-7-6-17-12/h2-3,8,16H,1,4-7,9-10,15H2. The molecule has 1 aliphatic carbocycles. The normalized spacial score (nSPS) is 20.1. The molecule has 0 atom stereocenters. The van der Waals surface area contributed by atoms with Crippen molar-refractivity contribution in [2.24, 2.45) is 11.1 Å². The Labute approximate surface area is 107 Å². The number of nitrogens with one attached hydrogen (secondary N) is 1. The van der Waals surface area contributed by atoms with E-state index >= 15 is 0 Å². The van der Waals surface area contributed by atoms with Crippen molar-refractivity contribution >= 4 is 5.69 Å². The van der Waals surface area contributed by atoms with Gasteiger partial charge in [0.1, 0.15) is 13.2 Å². The van der Waals surface area contributed by atoms with E-state index in [1.807, 2.05) is 18.2 Å². The van der Waals surface area contributed by atoms with Crippen molar-refractivity contribution in [2.75, 3.05) is 31.6 Å². The quantitative estimate of drug-likeness (QED) is 0.855. The third-order valence-corrected chi connectivity index (χ3v) is 4.06. The van der Waals surface area contributed by atoms with E-state index < -0.39 is 0 Å². The molecule has 0 unspecified atom stereocenters. The average molecular weight is 248 g/mol. The molecule has 4 heteroatoms. The number of rotatable bonds is 4. The van der Waals surface area contributed by atoms with Crippen LogP contribution in [0.5, 0.6) is 11.5 Å². The summed E-state index contributed by atoms with van der Waals surface area (Å²) in [6.07, 6.45) is 3.78. The van der Waals surface area contributed by atoms with Crippen LogP contribution < -0.4 is 20.5 Å². The molecular formula is C14H20N2O2. The van der Waals surface area contributed by atoms with Crippen molar-refractivity contribution in [3.8, 4) is 11.5 Å². The van der Waals surface area contributed by atoms with E-state index in [1.54, 1.807) is 0 Å². The monoisotopic (exact) mass is 248 g/mol. The highest BCUT2D eigenvalue weighted by Gasteiger charge is 2.35. The average Bonchev–Trinajstić information content (AvgIpc) is 2.38.